The molecule has 0 spiro atoms. The summed E-state index contributed by atoms with van der Waals surface area (Å²) in [7, 11) is 0. The van der Waals surface area contributed by atoms with Crippen LogP contribution in [-0.2, 0) is 38.0 Å². The summed E-state index contributed by atoms with van der Waals surface area (Å²) in [6, 6.07) is 0. The highest BCUT2D eigenvalue weighted by molar-refractivity contribution is 5.81. The first-order valence-electron chi connectivity index (χ1n) is 22.9. The number of allylic oxidation sites excluding steroid dienone is 1. The first-order chi connectivity index (χ1) is 31.4. The standard InChI is InChI=1S/C42H68O24/c43-12-26-30(50)33(53)36(56)40(64-26)61-23-10-17(45)9-22-18(23)11-25(39(60-22)16-3-5-19(46)21(48)8-16)63-42-38(58)35(55)32(52)28(66-42)14-59-29(49)6-2-15-1-4-20(47)24(7-15)62-41-37(57)34(54)31(51)27(13-44)65-41/h2,6,15-28,30-48,50-58H,1,3-5,7-14H2/p+1. The summed E-state index contributed by atoms with van der Waals surface area (Å²) in [4.78, 5) is 13.0. The maximum Gasteiger partial charge on any atom is 0.330 e. The van der Waals surface area contributed by atoms with Crippen molar-refractivity contribution < 1.29 is 119 Å². The van der Waals surface area contributed by atoms with Crippen LogP contribution in [-0.4, -0.2) is 254 Å². The summed E-state index contributed by atoms with van der Waals surface area (Å²) < 4.78 is 45.8. The Morgan fingerprint density at radius 3 is 1.64 bits per heavy atom. The van der Waals surface area contributed by atoms with Crippen molar-refractivity contribution in [3.63, 3.8) is 0 Å². The Kier molecular flexibility index (Phi) is 17.9. The molecule has 66 heavy (non-hydrogen) atoms. The molecular weight excluding hydrogens is 888 g/mol. The number of carbonyl (C=O) groups is 1. The van der Waals surface area contributed by atoms with Crippen LogP contribution >= 0.6 is 0 Å². The summed E-state index contributed by atoms with van der Waals surface area (Å²) in [6.45, 7) is -1.97. The van der Waals surface area contributed by atoms with Crippen molar-refractivity contribution in [3.8, 4) is 0 Å². The van der Waals surface area contributed by atoms with Crippen LogP contribution in [0.25, 0.3) is 0 Å². The number of hydrogen-bond acceptors (Lipinski definition) is 23. The second kappa shape index (κ2) is 22.6. The van der Waals surface area contributed by atoms with Gasteiger partial charge in [0, 0.05) is 24.8 Å². The van der Waals surface area contributed by atoms with E-state index in [-0.39, 0.29) is 56.8 Å². The summed E-state index contributed by atoms with van der Waals surface area (Å²) >= 11 is 0. The molecule has 4 heterocycles. The van der Waals surface area contributed by atoms with Gasteiger partial charge in [0.25, 0.3) is 0 Å². The summed E-state index contributed by atoms with van der Waals surface area (Å²) in [5, 5.41) is 157. The zero-order valence-corrected chi connectivity index (χ0v) is 36.1. The van der Waals surface area contributed by atoms with Gasteiger partial charge in [-0.1, -0.05) is 6.08 Å². The molecule has 4 saturated heterocycles. The molecule has 4 aliphatic heterocycles. The molecule has 0 aromatic carbocycles. The van der Waals surface area contributed by atoms with Crippen molar-refractivity contribution >= 4 is 5.97 Å². The van der Waals surface area contributed by atoms with E-state index in [2.05, 4.69) is 0 Å². The largest absolute Gasteiger partial charge is 0.460 e. The van der Waals surface area contributed by atoms with E-state index in [1.165, 1.54) is 6.08 Å². The zero-order valence-electron chi connectivity index (χ0n) is 36.1. The molecule has 0 radical (unpaired) electrons. The smallest absolute Gasteiger partial charge is 0.330 e. The molecule has 16 N–H and O–H groups in total. The van der Waals surface area contributed by atoms with Crippen LogP contribution in [0, 0.1) is 17.8 Å². The van der Waals surface area contributed by atoms with Gasteiger partial charge in [-0.25, -0.2) is 4.79 Å². The quantitative estimate of drug-likeness (QED) is 0.0463. The average Bonchev–Trinajstić information content (AvgIpc) is 3.29. The average molecular weight is 958 g/mol. The van der Waals surface area contributed by atoms with Gasteiger partial charge < -0.3 is 114 Å². The van der Waals surface area contributed by atoms with Gasteiger partial charge in [0.2, 0.25) is 0 Å². The number of aliphatic hydroxyl groups is 17. The number of rotatable bonds is 13. The Balaban J connectivity index is 0.996. The normalized spacial score (nSPS) is 51.6. The van der Waals surface area contributed by atoms with Gasteiger partial charge in [0.15, 0.2) is 31.1 Å². The molecule has 0 aromatic rings. The lowest BCUT2D eigenvalue weighted by atomic mass is 9.72. The van der Waals surface area contributed by atoms with E-state index in [4.69, 9.17) is 37.9 Å². The lowest BCUT2D eigenvalue weighted by molar-refractivity contribution is -0.367. The van der Waals surface area contributed by atoms with Crippen LogP contribution in [0.15, 0.2) is 12.2 Å². The molecule has 0 bridgehead atoms. The van der Waals surface area contributed by atoms with Crippen molar-refractivity contribution in [1.82, 2.24) is 0 Å². The van der Waals surface area contributed by atoms with E-state index in [9.17, 15) is 81.4 Å². The number of hydrogen-bond donors (Lipinski definition) is 15. The van der Waals surface area contributed by atoms with Gasteiger partial charge in [0.05, 0.1) is 55.8 Å². The molecule has 7 rings (SSSR count). The monoisotopic (exact) mass is 957 g/mol. The van der Waals surface area contributed by atoms with Crippen molar-refractivity contribution in [1.29, 1.82) is 0 Å². The molecule has 27 unspecified atom stereocenters. The Labute approximate surface area is 379 Å². The van der Waals surface area contributed by atoms with Crippen LogP contribution in [0.1, 0.15) is 57.8 Å². The highest BCUT2D eigenvalue weighted by Crippen LogP contribution is 2.44. The second-order valence-electron chi connectivity index (χ2n) is 19.0. The van der Waals surface area contributed by atoms with Gasteiger partial charge in [-0.3, -0.25) is 0 Å². The van der Waals surface area contributed by atoms with Gasteiger partial charge in [-0.05, 0) is 50.9 Å². The van der Waals surface area contributed by atoms with E-state index in [1.54, 1.807) is 0 Å². The van der Waals surface area contributed by atoms with Gasteiger partial charge in [-0.2, -0.15) is 0 Å². The van der Waals surface area contributed by atoms with E-state index in [0.29, 0.717) is 12.8 Å². The topological polar surface area (TPSA) is 398 Å². The minimum Gasteiger partial charge on any atom is -0.460 e. The van der Waals surface area contributed by atoms with Crippen LogP contribution in [0.3, 0.4) is 0 Å². The fourth-order valence-corrected chi connectivity index (χ4v) is 10.6. The molecule has 380 valence electrons. The van der Waals surface area contributed by atoms with Crippen LogP contribution in [0.4, 0.5) is 0 Å². The lowest BCUT2D eigenvalue weighted by Crippen LogP contribution is -2.64. The summed E-state index contributed by atoms with van der Waals surface area (Å²) in [6.07, 6.45) is -27.4. The molecule has 7 fully saturated rings. The molecule has 0 aromatic heterocycles. The van der Waals surface area contributed by atoms with Crippen molar-refractivity contribution in [2.24, 2.45) is 17.8 Å². The van der Waals surface area contributed by atoms with E-state index in [1.807, 2.05) is 0 Å². The van der Waals surface area contributed by atoms with Crippen LogP contribution < -0.4 is 0 Å². The van der Waals surface area contributed by atoms with Crippen molar-refractivity contribution in [2.75, 3.05) is 19.8 Å². The van der Waals surface area contributed by atoms with Gasteiger partial charge in [-0.15, -0.1) is 0 Å². The Hall–Kier alpha value is -1.67. The fourth-order valence-electron chi connectivity index (χ4n) is 10.6. The van der Waals surface area contributed by atoms with Crippen molar-refractivity contribution in [2.45, 2.75) is 205 Å². The van der Waals surface area contributed by atoms with Gasteiger partial charge in [0.1, 0.15) is 86.0 Å². The maximum absolute atomic E-state index is 13.0. The van der Waals surface area contributed by atoms with E-state index < -0.39 is 179 Å². The van der Waals surface area contributed by atoms with Gasteiger partial charge >= 0.3 is 5.97 Å². The molecule has 3 saturated carbocycles. The summed E-state index contributed by atoms with van der Waals surface area (Å²) in [5.74, 6) is -2.14. The Bertz CT molecular complexity index is 1580. The minimum absolute atomic E-state index is 0.0337. The molecule has 0 amide bonds. The highest BCUT2D eigenvalue weighted by atomic mass is 16.7. The first kappa shape index (κ1) is 52.2. The number of ether oxygens (including phenoxy) is 8. The fraction of sp³-hybridized carbons (Fsp3) is 0.929. The third-order valence-electron chi connectivity index (χ3n) is 14.5. The third-order valence-corrected chi connectivity index (χ3v) is 14.5. The predicted octanol–water partition coefficient (Wildman–Crippen LogP) is -7.23. The number of esters is 1. The second-order valence-corrected chi connectivity index (χ2v) is 19.0. The highest BCUT2D eigenvalue weighted by Gasteiger charge is 2.57. The predicted molar refractivity (Wildman–Crippen MR) is 215 cm³/mol. The molecule has 3 aliphatic carbocycles. The number of carbonyl (C=O) groups excluding carboxylic acids is 1. The van der Waals surface area contributed by atoms with E-state index >= 15 is 0 Å². The Morgan fingerprint density at radius 1 is 0.530 bits per heavy atom. The van der Waals surface area contributed by atoms with Crippen molar-refractivity contribution in [3.05, 3.63) is 12.2 Å². The minimum atomic E-state index is -1.84. The molecule has 27 atom stereocenters. The number of fused-ring (bicyclic) bond motifs is 1. The SMILES string of the molecule is O=C(C=CC1CCC(O)C(OC2OC(CO)C(O)C(O)C2O)C1)OCC1OC(OC2CC3C(OC4OC(CO)C(O)C(O)C4O)CC(O)CC3[OH+]C2C2CCC(O)C(O)C2)C(O)C(O)C1O. The number of aliphatic hydroxyl groups excluding tert-OH is 15. The van der Waals surface area contributed by atoms with Crippen LogP contribution in [0.5, 0.6) is 0 Å². The summed E-state index contributed by atoms with van der Waals surface area (Å²) in [5.41, 5.74) is 0. The molecule has 24 heteroatoms. The third kappa shape index (κ3) is 11.6. The maximum atomic E-state index is 13.0. The first-order valence-corrected chi connectivity index (χ1v) is 22.9. The van der Waals surface area contributed by atoms with E-state index in [0.717, 1.165) is 6.08 Å². The molecule has 7 aliphatic rings. The van der Waals surface area contributed by atoms with Crippen LogP contribution in [0.2, 0.25) is 0 Å². The lowest BCUT2D eigenvalue weighted by Gasteiger charge is -2.50. The molecular formula is C42H69O24+. The zero-order chi connectivity index (χ0) is 47.7. The Morgan fingerprint density at radius 2 is 1.06 bits per heavy atom. The molecule has 24 nitrogen and oxygen atoms in total.